The Morgan fingerprint density at radius 3 is 2.53 bits per heavy atom. The molecule has 2 aromatic rings. The smallest absolute Gasteiger partial charge is 0.255 e. The van der Waals surface area contributed by atoms with E-state index in [9.17, 15) is 4.79 Å². The number of para-hydroxylation sites is 1. The van der Waals surface area contributed by atoms with E-state index in [0.717, 1.165) is 43.6 Å². The first-order valence-electron chi connectivity index (χ1n) is 11.6. The van der Waals surface area contributed by atoms with Gasteiger partial charge in [-0.25, -0.2) is 0 Å². The maximum absolute atomic E-state index is 13.4. The van der Waals surface area contributed by atoms with Gasteiger partial charge in [-0.15, -0.1) is 0 Å². The number of likely N-dealkylation sites (tertiary alicyclic amines) is 1. The summed E-state index contributed by atoms with van der Waals surface area (Å²) in [5.41, 5.74) is 5.88. The third kappa shape index (κ3) is 3.34. The topological polar surface area (TPSA) is 32.3 Å². The van der Waals surface area contributed by atoms with Gasteiger partial charge in [0.25, 0.3) is 5.91 Å². The lowest BCUT2D eigenvalue weighted by Crippen LogP contribution is -2.37. The minimum atomic E-state index is 0.188. The number of carbonyl (C=O) groups excluding carboxylic acids is 1. The van der Waals surface area contributed by atoms with Crippen LogP contribution in [0.4, 0.5) is 5.69 Å². The molecule has 1 N–H and O–H groups in total. The van der Waals surface area contributed by atoms with Gasteiger partial charge in [-0.3, -0.25) is 4.79 Å². The molecule has 3 heteroatoms. The Kier molecular flexibility index (Phi) is 5.14. The predicted octanol–water partition coefficient (Wildman–Crippen LogP) is 6.26. The number of hydrogen-bond donors (Lipinski definition) is 1. The number of amides is 1. The SMILES string of the molecule is CC(C)c1ccc(C2Nc3c(C(=O)N4CCCCC4)cccc3C3C=CCC32)cc1. The predicted molar refractivity (Wildman–Crippen MR) is 123 cm³/mol. The molecule has 2 aliphatic heterocycles. The first-order chi connectivity index (χ1) is 14.6. The highest BCUT2D eigenvalue weighted by molar-refractivity contribution is 6.01. The lowest BCUT2D eigenvalue weighted by molar-refractivity contribution is 0.0725. The Morgan fingerprint density at radius 1 is 1.03 bits per heavy atom. The molecule has 1 aliphatic carbocycles. The van der Waals surface area contributed by atoms with Gasteiger partial charge in [0, 0.05) is 19.0 Å². The number of nitrogens with zero attached hydrogens (tertiary/aromatic N) is 1. The van der Waals surface area contributed by atoms with Crippen LogP contribution in [0.2, 0.25) is 0 Å². The van der Waals surface area contributed by atoms with Crippen molar-refractivity contribution >= 4 is 11.6 Å². The molecule has 3 atom stereocenters. The highest BCUT2D eigenvalue weighted by Gasteiger charge is 2.39. The molecule has 5 rings (SSSR count). The lowest BCUT2D eigenvalue weighted by Gasteiger charge is -2.39. The van der Waals surface area contributed by atoms with Crippen molar-refractivity contribution in [3.8, 4) is 0 Å². The van der Waals surface area contributed by atoms with Gasteiger partial charge in [-0.2, -0.15) is 0 Å². The molecule has 3 aliphatic rings. The largest absolute Gasteiger partial charge is 0.377 e. The molecule has 1 fully saturated rings. The van der Waals surface area contributed by atoms with Crippen molar-refractivity contribution in [2.45, 2.75) is 57.4 Å². The zero-order valence-electron chi connectivity index (χ0n) is 18.1. The zero-order chi connectivity index (χ0) is 20.7. The molecule has 0 saturated carbocycles. The zero-order valence-corrected chi connectivity index (χ0v) is 18.1. The number of hydrogen-bond acceptors (Lipinski definition) is 2. The van der Waals surface area contributed by atoms with E-state index in [-0.39, 0.29) is 11.9 Å². The van der Waals surface area contributed by atoms with Crippen molar-refractivity contribution in [1.29, 1.82) is 0 Å². The summed E-state index contributed by atoms with van der Waals surface area (Å²) in [6.07, 6.45) is 9.23. The van der Waals surface area contributed by atoms with Crippen molar-refractivity contribution in [1.82, 2.24) is 4.90 Å². The molecular weight excluding hydrogens is 368 g/mol. The molecule has 156 valence electrons. The van der Waals surface area contributed by atoms with Crippen LogP contribution in [-0.4, -0.2) is 23.9 Å². The van der Waals surface area contributed by atoms with Gasteiger partial charge in [0.05, 0.1) is 17.3 Å². The second kappa shape index (κ2) is 7.94. The first-order valence-corrected chi connectivity index (χ1v) is 11.6. The molecule has 0 radical (unpaired) electrons. The molecule has 2 aromatic carbocycles. The van der Waals surface area contributed by atoms with E-state index in [0.29, 0.717) is 17.8 Å². The van der Waals surface area contributed by atoms with Gasteiger partial charge in [0.15, 0.2) is 0 Å². The number of allylic oxidation sites excluding steroid dienone is 2. The van der Waals surface area contributed by atoms with Gasteiger partial charge in [-0.1, -0.05) is 62.4 Å². The van der Waals surface area contributed by atoms with Crippen molar-refractivity contribution < 1.29 is 4.79 Å². The van der Waals surface area contributed by atoms with Gasteiger partial charge < -0.3 is 10.2 Å². The van der Waals surface area contributed by atoms with Crippen molar-refractivity contribution in [3.05, 3.63) is 76.9 Å². The first kappa shape index (κ1) is 19.4. The number of nitrogens with one attached hydrogen (secondary N) is 1. The van der Waals surface area contributed by atoms with Crippen LogP contribution in [0.3, 0.4) is 0 Å². The highest BCUT2D eigenvalue weighted by Crippen LogP contribution is 2.50. The van der Waals surface area contributed by atoms with E-state index in [1.165, 1.54) is 23.1 Å². The van der Waals surface area contributed by atoms with Crippen molar-refractivity contribution in [2.75, 3.05) is 18.4 Å². The summed E-state index contributed by atoms with van der Waals surface area (Å²) in [6.45, 7) is 6.24. The van der Waals surface area contributed by atoms with E-state index >= 15 is 0 Å². The van der Waals surface area contributed by atoms with E-state index in [4.69, 9.17) is 0 Å². The third-order valence-electron chi connectivity index (χ3n) is 7.23. The van der Waals surface area contributed by atoms with Crippen LogP contribution in [0.5, 0.6) is 0 Å². The quantitative estimate of drug-likeness (QED) is 0.617. The molecule has 0 spiro atoms. The number of carbonyl (C=O) groups is 1. The molecule has 30 heavy (non-hydrogen) atoms. The maximum atomic E-state index is 13.4. The minimum Gasteiger partial charge on any atom is -0.377 e. The van der Waals surface area contributed by atoms with Gasteiger partial charge in [0.2, 0.25) is 0 Å². The Labute approximate surface area is 180 Å². The summed E-state index contributed by atoms with van der Waals surface area (Å²) >= 11 is 0. The molecule has 0 aromatic heterocycles. The van der Waals surface area contributed by atoms with Crippen LogP contribution in [0.15, 0.2) is 54.6 Å². The van der Waals surface area contributed by atoms with Crippen LogP contribution >= 0.6 is 0 Å². The lowest BCUT2D eigenvalue weighted by atomic mass is 9.76. The number of piperidine rings is 1. The minimum absolute atomic E-state index is 0.188. The Morgan fingerprint density at radius 2 is 1.80 bits per heavy atom. The standard InChI is InChI=1S/C27H32N2O/c1-18(2)19-12-14-20(15-13-19)25-22-9-6-8-21(22)23-10-7-11-24(26(23)28-25)27(30)29-16-4-3-5-17-29/h6-8,10-15,18,21-22,25,28H,3-5,9,16-17H2,1-2H3. The molecule has 0 bridgehead atoms. The summed E-state index contributed by atoms with van der Waals surface area (Å²) in [5, 5.41) is 3.83. The second-order valence-electron chi connectivity index (χ2n) is 9.42. The number of rotatable bonds is 3. The van der Waals surface area contributed by atoms with E-state index in [1.54, 1.807) is 0 Å². The van der Waals surface area contributed by atoms with Crippen molar-refractivity contribution in [2.24, 2.45) is 5.92 Å². The van der Waals surface area contributed by atoms with Crippen LogP contribution in [0.1, 0.15) is 84.5 Å². The fourth-order valence-corrected chi connectivity index (χ4v) is 5.49. The Bertz CT molecular complexity index is 953. The van der Waals surface area contributed by atoms with Crippen molar-refractivity contribution in [3.63, 3.8) is 0 Å². The van der Waals surface area contributed by atoms with Crippen LogP contribution < -0.4 is 5.32 Å². The summed E-state index contributed by atoms with van der Waals surface area (Å²) in [4.78, 5) is 15.4. The van der Waals surface area contributed by atoms with Crippen LogP contribution in [0, 0.1) is 5.92 Å². The van der Waals surface area contributed by atoms with Crippen LogP contribution in [0.25, 0.3) is 0 Å². The molecule has 1 amide bonds. The van der Waals surface area contributed by atoms with Gasteiger partial charge in [-0.05, 0) is 60.3 Å². The van der Waals surface area contributed by atoms with E-state index in [2.05, 4.69) is 67.7 Å². The number of fused-ring (bicyclic) bond motifs is 3. The normalized spacial score (nSPS) is 25.0. The van der Waals surface area contributed by atoms with E-state index < -0.39 is 0 Å². The fraction of sp³-hybridized carbons (Fsp3) is 0.444. The molecular formula is C27H32N2O. The van der Waals surface area contributed by atoms with Gasteiger partial charge in [0.1, 0.15) is 0 Å². The summed E-state index contributed by atoms with van der Waals surface area (Å²) in [5.74, 6) is 1.61. The summed E-state index contributed by atoms with van der Waals surface area (Å²) in [7, 11) is 0. The van der Waals surface area contributed by atoms with Gasteiger partial charge >= 0.3 is 0 Å². The molecule has 3 nitrogen and oxygen atoms in total. The highest BCUT2D eigenvalue weighted by atomic mass is 16.2. The molecule has 2 heterocycles. The molecule has 1 saturated heterocycles. The summed E-state index contributed by atoms with van der Waals surface area (Å²) < 4.78 is 0. The number of anilines is 1. The molecule has 3 unspecified atom stereocenters. The Hall–Kier alpha value is -2.55. The summed E-state index contributed by atoms with van der Waals surface area (Å²) in [6, 6.07) is 15.6. The third-order valence-corrected chi connectivity index (χ3v) is 7.23. The number of benzene rings is 2. The van der Waals surface area contributed by atoms with E-state index in [1.807, 2.05) is 11.0 Å². The Balaban J connectivity index is 1.52. The second-order valence-corrected chi connectivity index (χ2v) is 9.42. The maximum Gasteiger partial charge on any atom is 0.255 e. The average molecular weight is 401 g/mol. The average Bonchev–Trinajstić information content (AvgIpc) is 3.28. The monoisotopic (exact) mass is 400 g/mol. The van der Waals surface area contributed by atoms with Crippen LogP contribution in [-0.2, 0) is 0 Å². The fourth-order valence-electron chi connectivity index (χ4n) is 5.49.